The van der Waals surface area contributed by atoms with Gasteiger partial charge in [0.25, 0.3) is 17.3 Å². The number of benzene rings is 1. The summed E-state index contributed by atoms with van der Waals surface area (Å²) in [5, 5.41) is 11.8. The molecule has 0 bridgehead atoms. The Morgan fingerprint density at radius 3 is 2.44 bits per heavy atom. The van der Waals surface area contributed by atoms with Gasteiger partial charge in [0.2, 0.25) is 0 Å². The van der Waals surface area contributed by atoms with E-state index in [1.54, 1.807) is 27.0 Å². The average Bonchev–Trinajstić information content (AvgIpc) is 3.19. The molecule has 2 aliphatic rings. The van der Waals surface area contributed by atoms with E-state index in [0.29, 0.717) is 47.6 Å². The van der Waals surface area contributed by atoms with Crippen LogP contribution in [0, 0.1) is 19.8 Å². The molecule has 1 aromatic heterocycles. The number of anilines is 1. The SMILES string of the molecule is CCc1cc(C)[nH]c(=O)c1N(C)C(=O)c1cc(Cl)c2c(c1C)OC(C)([C@H]1CC[C@H](NC(=O)O)CC1)O2. The third-order valence-electron chi connectivity index (χ3n) is 7.32. The number of halogens is 1. The zero-order chi connectivity index (χ0) is 26.4. The highest BCUT2D eigenvalue weighted by molar-refractivity contribution is 6.33. The number of amides is 2. The van der Waals surface area contributed by atoms with E-state index in [1.807, 2.05) is 19.9 Å². The van der Waals surface area contributed by atoms with Crippen LogP contribution in [0.2, 0.25) is 5.02 Å². The molecule has 0 spiro atoms. The number of ether oxygens (including phenoxy) is 2. The highest BCUT2D eigenvalue weighted by atomic mass is 35.5. The highest BCUT2D eigenvalue weighted by Crippen LogP contribution is 2.51. The van der Waals surface area contributed by atoms with Crippen LogP contribution in [-0.4, -0.2) is 41.0 Å². The van der Waals surface area contributed by atoms with Gasteiger partial charge in [-0.3, -0.25) is 9.59 Å². The Balaban J connectivity index is 1.60. The Morgan fingerprint density at radius 2 is 1.83 bits per heavy atom. The Bertz CT molecular complexity index is 1270. The van der Waals surface area contributed by atoms with Crippen LogP contribution < -0.4 is 25.2 Å². The third-order valence-corrected chi connectivity index (χ3v) is 7.60. The molecule has 194 valence electrons. The largest absolute Gasteiger partial charge is 0.465 e. The summed E-state index contributed by atoms with van der Waals surface area (Å²) in [5.41, 5.74) is 2.39. The van der Waals surface area contributed by atoms with E-state index in [9.17, 15) is 14.4 Å². The van der Waals surface area contributed by atoms with Crippen molar-refractivity contribution in [3.05, 3.63) is 49.9 Å². The molecule has 3 N–H and O–H groups in total. The summed E-state index contributed by atoms with van der Waals surface area (Å²) in [6, 6.07) is 3.34. The topological polar surface area (TPSA) is 121 Å². The molecule has 9 nitrogen and oxygen atoms in total. The lowest BCUT2D eigenvalue weighted by molar-refractivity contribution is -0.121. The first-order valence-corrected chi connectivity index (χ1v) is 12.5. The number of pyridine rings is 1. The van der Waals surface area contributed by atoms with Gasteiger partial charge in [-0.05, 0) is 63.6 Å². The second-order valence-electron chi connectivity index (χ2n) is 9.78. The van der Waals surface area contributed by atoms with Crippen molar-refractivity contribution in [2.45, 2.75) is 71.6 Å². The van der Waals surface area contributed by atoms with Crippen molar-refractivity contribution < 1.29 is 24.2 Å². The zero-order valence-electron chi connectivity index (χ0n) is 21.2. The lowest BCUT2D eigenvalue weighted by Crippen LogP contribution is -2.47. The predicted octanol–water partition coefficient (Wildman–Crippen LogP) is 4.80. The minimum Gasteiger partial charge on any atom is -0.465 e. The van der Waals surface area contributed by atoms with Gasteiger partial charge in [0.1, 0.15) is 5.69 Å². The number of fused-ring (bicyclic) bond motifs is 1. The molecule has 36 heavy (non-hydrogen) atoms. The van der Waals surface area contributed by atoms with E-state index < -0.39 is 11.9 Å². The first-order chi connectivity index (χ1) is 16.9. The molecule has 10 heteroatoms. The van der Waals surface area contributed by atoms with E-state index in [2.05, 4.69) is 10.3 Å². The Hall–Kier alpha value is -3.20. The molecule has 0 saturated heterocycles. The van der Waals surface area contributed by atoms with Gasteiger partial charge in [0.15, 0.2) is 11.5 Å². The fourth-order valence-corrected chi connectivity index (χ4v) is 5.57. The number of aryl methyl sites for hydroxylation is 2. The number of carbonyl (C=O) groups is 2. The first-order valence-electron chi connectivity index (χ1n) is 12.2. The summed E-state index contributed by atoms with van der Waals surface area (Å²) in [6.45, 7) is 7.37. The molecular formula is C26H32ClN3O6. The van der Waals surface area contributed by atoms with Crippen LogP contribution in [0.5, 0.6) is 11.5 Å². The second-order valence-corrected chi connectivity index (χ2v) is 10.2. The molecule has 1 fully saturated rings. The van der Waals surface area contributed by atoms with Gasteiger partial charge >= 0.3 is 6.09 Å². The van der Waals surface area contributed by atoms with Crippen molar-refractivity contribution >= 4 is 29.3 Å². The van der Waals surface area contributed by atoms with Crippen molar-refractivity contribution in [2.75, 3.05) is 11.9 Å². The number of hydrogen-bond donors (Lipinski definition) is 3. The summed E-state index contributed by atoms with van der Waals surface area (Å²) in [5.74, 6) is -0.529. The molecule has 2 aromatic rings. The fraction of sp³-hybridized carbons (Fsp3) is 0.500. The number of nitrogens with one attached hydrogen (secondary N) is 2. The van der Waals surface area contributed by atoms with Crippen LogP contribution in [0.4, 0.5) is 10.5 Å². The standard InChI is InChI=1S/C26H32ClN3O6/c1-6-15-11-13(2)28-23(31)20(15)30(5)24(32)18-12-19(27)22-21(14(18)3)35-26(4,36-22)16-7-9-17(10-8-16)29-25(33)34/h11-12,16-17,29H,6-10H2,1-5H3,(H,28,31)(H,33,34)/t16-,17-,26?. The minimum absolute atomic E-state index is 0.0206. The molecule has 2 amide bonds. The maximum absolute atomic E-state index is 13.6. The molecule has 1 unspecified atom stereocenters. The Kier molecular flexibility index (Phi) is 6.96. The Labute approximate surface area is 214 Å². The molecule has 0 radical (unpaired) electrons. The van der Waals surface area contributed by atoms with Gasteiger partial charge in [0.05, 0.1) is 5.02 Å². The number of carbonyl (C=O) groups excluding carboxylic acids is 1. The number of carboxylic acid groups (broad SMARTS) is 1. The van der Waals surface area contributed by atoms with E-state index in [0.717, 1.165) is 24.1 Å². The van der Waals surface area contributed by atoms with Crippen LogP contribution in [0.25, 0.3) is 0 Å². The lowest BCUT2D eigenvalue weighted by Gasteiger charge is -2.37. The van der Waals surface area contributed by atoms with E-state index in [-0.39, 0.29) is 28.4 Å². The smallest absolute Gasteiger partial charge is 0.404 e. The van der Waals surface area contributed by atoms with Gasteiger partial charge in [-0.1, -0.05) is 18.5 Å². The number of nitrogens with zero attached hydrogens (tertiary/aromatic N) is 1. The van der Waals surface area contributed by atoms with E-state index in [1.165, 1.54) is 4.90 Å². The monoisotopic (exact) mass is 517 g/mol. The number of aromatic amines is 1. The predicted molar refractivity (Wildman–Crippen MR) is 137 cm³/mol. The normalized spacial score (nSPS) is 22.8. The van der Waals surface area contributed by atoms with Gasteiger partial charge in [-0.2, -0.15) is 0 Å². The second kappa shape index (κ2) is 9.69. The third kappa shape index (κ3) is 4.64. The lowest BCUT2D eigenvalue weighted by atomic mass is 9.81. The van der Waals surface area contributed by atoms with Crippen LogP contribution >= 0.6 is 11.6 Å². The summed E-state index contributed by atoms with van der Waals surface area (Å²) >= 11 is 6.58. The molecule has 4 rings (SSSR count). The summed E-state index contributed by atoms with van der Waals surface area (Å²) < 4.78 is 12.6. The van der Waals surface area contributed by atoms with Gasteiger partial charge in [-0.25, -0.2) is 4.79 Å². The maximum Gasteiger partial charge on any atom is 0.404 e. The number of H-pyrrole nitrogens is 1. The van der Waals surface area contributed by atoms with E-state index in [4.69, 9.17) is 26.2 Å². The number of aromatic nitrogens is 1. The molecule has 1 aliphatic heterocycles. The van der Waals surface area contributed by atoms with Gasteiger partial charge < -0.3 is 29.8 Å². The molecule has 1 atom stereocenters. The van der Waals surface area contributed by atoms with Crippen LogP contribution in [0.15, 0.2) is 16.9 Å². The minimum atomic E-state index is -1.02. The van der Waals surface area contributed by atoms with Gasteiger partial charge in [0, 0.05) is 42.8 Å². The van der Waals surface area contributed by atoms with Crippen molar-refractivity contribution in [2.24, 2.45) is 5.92 Å². The number of hydrogen-bond acceptors (Lipinski definition) is 5. The van der Waals surface area contributed by atoms with Crippen molar-refractivity contribution in [1.82, 2.24) is 10.3 Å². The van der Waals surface area contributed by atoms with Crippen LogP contribution in [-0.2, 0) is 6.42 Å². The molecule has 2 heterocycles. The highest BCUT2D eigenvalue weighted by Gasteiger charge is 2.47. The van der Waals surface area contributed by atoms with Crippen LogP contribution in [0.1, 0.15) is 66.7 Å². The summed E-state index contributed by atoms with van der Waals surface area (Å²) in [7, 11) is 1.58. The summed E-state index contributed by atoms with van der Waals surface area (Å²) in [4.78, 5) is 41.4. The van der Waals surface area contributed by atoms with Crippen molar-refractivity contribution in [3.63, 3.8) is 0 Å². The molecule has 1 aliphatic carbocycles. The molecule has 1 saturated carbocycles. The van der Waals surface area contributed by atoms with Crippen molar-refractivity contribution in [3.8, 4) is 11.5 Å². The number of rotatable bonds is 5. The maximum atomic E-state index is 13.6. The van der Waals surface area contributed by atoms with Crippen molar-refractivity contribution in [1.29, 1.82) is 0 Å². The van der Waals surface area contributed by atoms with Crippen LogP contribution in [0.3, 0.4) is 0 Å². The van der Waals surface area contributed by atoms with Gasteiger partial charge in [-0.15, -0.1) is 0 Å². The average molecular weight is 518 g/mol. The molecule has 1 aromatic carbocycles. The molecular weight excluding hydrogens is 486 g/mol. The zero-order valence-corrected chi connectivity index (χ0v) is 21.9. The quantitative estimate of drug-likeness (QED) is 0.524. The fourth-order valence-electron chi connectivity index (χ4n) is 5.34. The summed E-state index contributed by atoms with van der Waals surface area (Å²) in [6.07, 6.45) is 2.38. The Morgan fingerprint density at radius 1 is 1.19 bits per heavy atom. The first kappa shape index (κ1) is 25.9. The van der Waals surface area contributed by atoms with E-state index >= 15 is 0 Å².